The van der Waals surface area contributed by atoms with Crippen molar-refractivity contribution in [1.29, 1.82) is 0 Å². The van der Waals surface area contributed by atoms with E-state index in [1.165, 1.54) is 22.7 Å². The number of nitrogens with zero attached hydrogens (tertiary/aromatic N) is 2. The molecule has 7 rings (SSSR count). The third-order valence-corrected chi connectivity index (χ3v) is 16.2. The van der Waals surface area contributed by atoms with Gasteiger partial charge in [0.05, 0.1) is 46.9 Å². The van der Waals surface area contributed by atoms with Crippen molar-refractivity contribution in [3.8, 4) is 11.4 Å². The predicted molar refractivity (Wildman–Crippen MR) is 263 cm³/mol. The summed E-state index contributed by atoms with van der Waals surface area (Å²) in [7, 11) is 0. The van der Waals surface area contributed by atoms with E-state index in [2.05, 4.69) is 56.1 Å². The molecule has 0 aliphatic rings. The molecule has 0 saturated heterocycles. The number of halogens is 2. The molecule has 0 unspecified atom stereocenters. The Labute approximate surface area is 406 Å². The van der Waals surface area contributed by atoms with Crippen LogP contribution in [-0.4, -0.2) is 36.7 Å². The molecule has 64 heavy (non-hydrogen) atoms. The Morgan fingerprint density at radius 2 is 0.875 bits per heavy atom. The van der Waals surface area contributed by atoms with E-state index >= 15 is 0 Å². The van der Waals surface area contributed by atoms with Crippen LogP contribution in [0.15, 0.2) is 139 Å². The summed E-state index contributed by atoms with van der Waals surface area (Å²) < 4.78 is 18.4. The quantitative estimate of drug-likeness (QED) is 0.0363. The number of rotatable bonds is 18. The van der Waals surface area contributed by atoms with Gasteiger partial charge in [0.25, 0.3) is 0 Å². The summed E-state index contributed by atoms with van der Waals surface area (Å²) in [5.74, 6) is 0.170. The summed E-state index contributed by atoms with van der Waals surface area (Å²) in [6.45, 7) is 8.08. The summed E-state index contributed by atoms with van der Waals surface area (Å²) >= 11 is 13.0. The van der Waals surface area contributed by atoms with Gasteiger partial charge in [0.15, 0.2) is 24.8 Å². The number of aromatic nitrogens is 2. The van der Waals surface area contributed by atoms with Gasteiger partial charge in [-0.15, -0.1) is 46.2 Å². The van der Waals surface area contributed by atoms with Crippen LogP contribution in [0.4, 0.5) is 0 Å². The van der Waals surface area contributed by atoms with Gasteiger partial charge < -0.3 is 9.47 Å². The van der Waals surface area contributed by atoms with Gasteiger partial charge in [-0.1, -0.05) is 56.1 Å². The normalized spacial score (nSPS) is 11.1. The molecule has 4 heterocycles. The number of carbonyl (C=O) groups is 4. The van der Waals surface area contributed by atoms with Crippen LogP contribution in [0.1, 0.15) is 77.7 Å². The van der Waals surface area contributed by atoms with Gasteiger partial charge >= 0.3 is 11.9 Å². The van der Waals surface area contributed by atoms with Crippen LogP contribution < -0.4 is 9.13 Å². The van der Waals surface area contributed by atoms with E-state index in [9.17, 15) is 19.2 Å². The molecule has 0 saturated carbocycles. The first kappa shape index (κ1) is 47.3. The zero-order valence-corrected chi connectivity index (χ0v) is 42.0. The fourth-order valence-electron chi connectivity index (χ4n) is 6.79. The molecule has 0 aliphatic carbocycles. The summed E-state index contributed by atoms with van der Waals surface area (Å²) in [6.07, 6.45) is 7.78. The fraction of sp³-hybridized carbons (Fsp3) is 0.200. The number of thiophene rings is 2. The van der Waals surface area contributed by atoms with E-state index in [1.807, 2.05) is 96.3 Å². The highest BCUT2D eigenvalue weighted by molar-refractivity contribution is 9.10. The van der Waals surface area contributed by atoms with Crippen LogP contribution in [0.5, 0.6) is 0 Å². The third kappa shape index (κ3) is 11.6. The van der Waals surface area contributed by atoms with Gasteiger partial charge in [0.2, 0.25) is 22.9 Å². The Morgan fingerprint density at radius 3 is 1.20 bits per heavy atom. The van der Waals surface area contributed by atoms with Gasteiger partial charge in [-0.25, -0.2) is 0 Å². The molecule has 3 aromatic carbocycles. The molecule has 4 aromatic heterocycles. The van der Waals surface area contributed by atoms with Gasteiger partial charge in [-0.3, -0.25) is 19.2 Å². The Morgan fingerprint density at radius 1 is 0.531 bits per heavy atom. The molecule has 0 amide bonds. The van der Waals surface area contributed by atoms with Crippen molar-refractivity contribution in [3.63, 3.8) is 0 Å². The number of hydrogen-bond acceptors (Lipinski definition) is 10. The van der Waals surface area contributed by atoms with E-state index in [0.29, 0.717) is 43.5 Å². The van der Waals surface area contributed by atoms with Crippen LogP contribution in [0.25, 0.3) is 11.4 Å². The standard InChI is InChI=1S/C50H44Br2N2O6S4/c1-5-59-41(55)27-39-43(53-23-19-31(3)20-24-53)49(63-47(39)45(57)35-11-15-37(51)16-12-35)61-29-33-7-9-34(10-8-33)30-62-50-44(54-25-21-32(4)22-26-54)40(28-42(56)60-6-2)48(64-50)46(58)36-13-17-38(52)18-14-36/h7-26H,5-6,27-30H2,1-4H3/q+2. The number of thioether (sulfide) groups is 2. The maximum absolute atomic E-state index is 14.1. The lowest BCUT2D eigenvalue weighted by Gasteiger charge is -2.07. The highest BCUT2D eigenvalue weighted by Gasteiger charge is 2.33. The lowest BCUT2D eigenvalue weighted by atomic mass is 10.0. The fourth-order valence-corrected chi connectivity index (χ4v) is 12.4. The van der Waals surface area contributed by atoms with Crippen LogP contribution in [0, 0.1) is 13.8 Å². The minimum Gasteiger partial charge on any atom is -0.466 e. The molecule has 14 heteroatoms. The smallest absolute Gasteiger partial charge is 0.310 e. The molecule has 0 atom stereocenters. The monoisotopic (exact) mass is 1050 g/mol. The highest BCUT2D eigenvalue weighted by atomic mass is 79.9. The molecule has 0 radical (unpaired) electrons. The number of ketones is 2. The van der Waals surface area contributed by atoms with Gasteiger partial charge in [0, 0.05) is 55.8 Å². The lowest BCUT2D eigenvalue weighted by Crippen LogP contribution is -2.31. The maximum atomic E-state index is 14.1. The maximum Gasteiger partial charge on any atom is 0.310 e. The first-order valence-corrected chi connectivity index (χ1v) is 25.6. The average Bonchev–Trinajstić information content (AvgIpc) is 3.83. The topological polar surface area (TPSA) is 94.5 Å². The average molecular weight is 1060 g/mol. The van der Waals surface area contributed by atoms with E-state index in [1.54, 1.807) is 61.6 Å². The summed E-state index contributed by atoms with van der Waals surface area (Å²) in [4.78, 5) is 55.5. The third-order valence-electron chi connectivity index (χ3n) is 10.0. The first-order chi connectivity index (χ1) is 30.9. The largest absolute Gasteiger partial charge is 0.466 e. The van der Waals surface area contributed by atoms with Gasteiger partial charge in [-0.05, 0) is 98.5 Å². The number of carbonyl (C=O) groups excluding carboxylic acids is 4. The highest BCUT2D eigenvalue weighted by Crippen LogP contribution is 2.42. The molecule has 0 spiro atoms. The second-order valence-electron chi connectivity index (χ2n) is 14.7. The molecule has 0 N–H and O–H groups in total. The predicted octanol–water partition coefficient (Wildman–Crippen LogP) is 11.8. The molecule has 0 aliphatic heterocycles. The number of pyridine rings is 2. The lowest BCUT2D eigenvalue weighted by molar-refractivity contribution is -0.598. The SMILES string of the molecule is CCOC(=O)Cc1c(C(=O)c2ccc(Br)cc2)sc(SCc2ccc(CSc3sc(C(=O)c4ccc(Br)cc4)c(CC(=O)OCC)c3-[n+]3ccc(C)cc3)cc2)c1-[n+]1ccc(C)cc1. The summed E-state index contributed by atoms with van der Waals surface area (Å²) in [5.41, 5.74) is 8.32. The Kier molecular flexibility index (Phi) is 16.2. The second-order valence-corrected chi connectivity index (χ2v) is 21.0. The first-order valence-electron chi connectivity index (χ1n) is 20.4. The number of hydrogen-bond donors (Lipinski definition) is 0. The van der Waals surface area contributed by atoms with Gasteiger partial charge in [0.1, 0.15) is 8.42 Å². The molecular weight excluding hydrogens is 1010 g/mol. The molecule has 7 aromatic rings. The number of aryl methyl sites for hydroxylation is 2. The van der Waals surface area contributed by atoms with Crippen molar-refractivity contribution >= 4 is 102 Å². The number of ether oxygens (including phenoxy) is 2. The number of esters is 2. The van der Waals surface area contributed by atoms with Crippen molar-refractivity contribution in [2.45, 2.75) is 60.5 Å². The van der Waals surface area contributed by atoms with E-state index in [-0.39, 0.29) is 49.6 Å². The van der Waals surface area contributed by atoms with Crippen molar-refractivity contribution < 1.29 is 37.8 Å². The molecular formula is C50H44Br2N2O6S4+2. The van der Waals surface area contributed by atoms with Crippen molar-refractivity contribution in [3.05, 3.63) is 185 Å². The van der Waals surface area contributed by atoms with Crippen LogP contribution in [0.2, 0.25) is 0 Å². The van der Waals surface area contributed by atoms with Crippen molar-refractivity contribution in [2.24, 2.45) is 0 Å². The van der Waals surface area contributed by atoms with E-state index in [0.717, 1.165) is 51.0 Å². The molecule has 0 fully saturated rings. The summed E-state index contributed by atoms with van der Waals surface area (Å²) in [5, 5.41) is 0. The Hall–Kier alpha value is -4.70. The minimum absolute atomic E-state index is 0.0380. The number of benzene rings is 3. The van der Waals surface area contributed by atoms with Crippen LogP contribution in [0.3, 0.4) is 0 Å². The Bertz CT molecular complexity index is 2590. The van der Waals surface area contributed by atoms with E-state index < -0.39 is 0 Å². The molecule has 8 nitrogen and oxygen atoms in total. The van der Waals surface area contributed by atoms with Crippen molar-refractivity contribution in [1.82, 2.24) is 0 Å². The van der Waals surface area contributed by atoms with Crippen LogP contribution >= 0.6 is 78.1 Å². The zero-order chi connectivity index (χ0) is 45.3. The second kappa shape index (κ2) is 22.0. The molecule has 326 valence electrons. The molecule has 0 bridgehead atoms. The van der Waals surface area contributed by atoms with E-state index in [4.69, 9.17) is 9.47 Å². The summed E-state index contributed by atoms with van der Waals surface area (Å²) in [6, 6.07) is 31.0. The zero-order valence-electron chi connectivity index (χ0n) is 35.5. The Balaban J connectivity index is 1.17. The van der Waals surface area contributed by atoms with Crippen LogP contribution in [-0.2, 0) is 43.4 Å². The minimum atomic E-state index is -0.390. The van der Waals surface area contributed by atoms with Gasteiger partial charge in [-0.2, -0.15) is 9.13 Å². The van der Waals surface area contributed by atoms with Crippen molar-refractivity contribution in [2.75, 3.05) is 13.2 Å².